The molecule has 2 saturated heterocycles. The van der Waals surface area contributed by atoms with Crippen molar-refractivity contribution in [2.75, 3.05) is 33.0 Å². The highest BCUT2D eigenvalue weighted by molar-refractivity contribution is 5.82. The lowest BCUT2D eigenvalue weighted by Crippen LogP contribution is -2.83. The van der Waals surface area contributed by atoms with Gasteiger partial charge in [0.05, 0.1) is 18.5 Å². The normalized spacial score (nSPS) is 29.1. The number of carbonyl (C=O) groups excluding carboxylic acids is 1. The van der Waals surface area contributed by atoms with Crippen molar-refractivity contribution in [3.05, 3.63) is 59.2 Å². The van der Waals surface area contributed by atoms with Gasteiger partial charge in [-0.25, -0.2) is 0 Å². The van der Waals surface area contributed by atoms with Crippen LogP contribution in [0.2, 0.25) is 0 Å². The van der Waals surface area contributed by atoms with Gasteiger partial charge >= 0.3 is 0 Å². The van der Waals surface area contributed by atoms with Gasteiger partial charge in [0.25, 0.3) is 0 Å². The number of carbonyl (C=O) groups is 1. The lowest BCUT2D eigenvalue weighted by Gasteiger charge is -2.46. The van der Waals surface area contributed by atoms with E-state index in [0.717, 1.165) is 69.9 Å². The van der Waals surface area contributed by atoms with Gasteiger partial charge in [0.15, 0.2) is 11.5 Å². The molecule has 1 amide bonds. The van der Waals surface area contributed by atoms with E-state index in [9.17, 15) is 4.79 Å². The van der Waals surface area contributed by atoms with Crippen molar-refractivity contribution in [3.8, 4) is 11.5 Å². The van der Waals surface area contributed by atoms with Crippen LogP contribution in [0, 0.1) is 11.8 Å². The van der Waals surface area contributed by atoms with Crippen LogP contribution in [-0.4, -0.2) is 49.8 Å². The smallest absolute Gasteiger partial charge is 0.232 e. The van der Waals surface area contributed by atoms with Gasteiger partial charge in [-0.1, -0.05) is 63.1 Å². The summed E-state index contributed by atoms with van der Waals surface area (Å²) in [7, 11) is 0. The Hall–Kier alpha value is -2.57. The fraction of sp³-hybridized carbons (Fsp3) is 0.567. The number of rotatable bonds is 5. The minimum atomic E-state index is -0.208. The summed E-state index contributed by atoms with van der Waals surface area (Å²) in [5, 5.41) is 6.00. The Morgan fingerprint density at radius 2 is 2.00 bits per heavy atom. The molecule has 6 nitrogen and oxygen atoms in total. The van der Waals surface area contributed by atoms with Gasteiger partial charge in [-0.15, -0.1) is 0 Å². The maximum absolute atomic E-state index is 14.5. The van der Waals surface area contributed by atoms with Crippen molar-refractivity contribution >= 4 is 5.91 Å². The first-order chi connectivity index (χ1) is 17.7. The Morgan fingerprint density at radius 3 is 2.81 bits per heavy atom. The lowest BCUT2D eigenvalue weighted by atomic mass is 9.67. The van der Waals surface area contributed by atoms with Crippen molar-refractivity contribution in [3.63, 3.8) is 0 Å². The summed E-state index contributed by atoms with van der Waals surface area (Å²) in [6, 6.07) is 15.5. The fourth-order valence-corrected chi connectivity index (χ4v) is 7.66. The SMILES string of the molecule is CCC(CC)[C@@H]1C[C@H](c2ccccc2)CCN1C(=O)[C@@H]1C[NH2+]C[C@]12CNCc1c2ccc2c1OCO2. The van der Waals surface area contributed by atoms with Crippen LogP contribution in [0.4, 0.5) is 0 Å². The van der Waals surface area contributed by atoms with Crippen molar-refractivity contribution in [2.45, 2.75) is 63.5 Å². The largest absolute Gasteiger partial charge is 0.454 e. The highest BCUT2D eigenvalue weighted by atomic mass is 16.7. The number of piperidine rings is 1. The number of amides is 1. The summed E-state index contributed by atoms with van der Waals surface area (Å²) in [5.74, 6) is 3.09. The van der Waals surface area contributed by atoms with Crippen molar-refractivity contribution < 1.29 is 19.6 Å². The van der Waals surface area contributed by atoms with Crippen LogP contribution < -0.4 is 20.1 Å². The molecule has 4 heterocycles. The van der Waals surface area contributed by atoms with E-state index in [1.54, 1.807) is 0 Å². The molecule has 6 rings (SSSR count). The van der Waals surface area contributed by atoms with Crippen LogP contribution >= 0.6 is 0 Å². The van der Waals surface area contributed by atoms with Crippen LogP contribution in [0.15, 0.2) is 42.5 Å². The minimum absolute atomic E-state index is 0.0328. The molecule has 3 N–H and O–H groups in total. The van der Waals surface area contributed by atoms with Gasteiger partial charge in [0, 0.05) is 31.2 Å². The summed E-state index contributed by atoms with van der Waals surface area (Å²) in [4.78, 5) is 16.8. The van der Waals surface area contributed by atoms with Crippen LogP contribution in [-0.2, 0) is 16.8 Å². The fourth-order valence-electron chi connectivity index (χ4n) is 7.66. The number of hydrogen-bond donors (Lipinski definition) is 2. The number of quaternary nitrogens is 1. The number of likely N-dealkylation sites (tertiary alicyclic amines) is 1. The molecule has 0 aromatic heterocycles. The molecule has 4 atom stereocenters. The van der Waals surface area contributed by atoms with Crippen LogP contribution in [0.3, 0.4) is 0 Å². The third-order valence-corrected chi connectivity index (χ3v) is 9.59. The third-order valence-electron chi connectivity index (χ3n) is 9.59. The van der Waals surface area contributed by atoms with Crippen molar-refractivity contribution in [1.82, 2.24) is 10.2 Å². The summed E-state index contributed by atoms with van der Waals surface area (Å²) in [5.41, 5.74) is 3.69. The molecule has 1 spiro atoms. The number of ether oxygens (including phenoxy) is 2. The highest BCUT2D eigenvalue weighted by Crippen LogP contribution is 2.47. The van der Waals surface area contributed by atoms with Crippen molar-refractivity contribution in [2.24, 2.45) is 11.8 Å². The molecule has 0 unspecified atom stereocenters. The summed E-state index contributed by atoms with van der Waals surface area (Å²) in [6.07, 6.45) is 4.34. The second-order valence-electron chi connectivity index (χ2n) is 11.2. The average molecular weight is 491 g/mol. The van der Waals surface area contributed by atoms with Gasteiger partial charge in [-0.3, -0.25) is 4.79 Å². The Balaban J connectivity index is 1.32. The first kappa shape index (κ1) is 23.8. The Kier molecular flexibility index (Phi) is 6.42. The second kappa shape index (κ2) is 9.71. The molecule has 192 valence electrons. The Bertz CT molecular complexity index is 1100. The van der Waals surface area contributed by atoms with E-state index in [1.807, 2.05) is 6.07 Å². The standard InChI is InChI=1S/C30H39N3O3/c1-3-20(4-2)26-14-22(21-8-6-5-7-9-21)12-13-33(26)29(34)25-16-32-18-30(25)17-31-15-23-24(30)10-11-27-28(23)36-19-35-27/h5-11,20,22,25-26,31-32H,3-4,12-19H2,1-2H3/p+1/t22-,25+,26+,30+/m1/s1. The molecule has 4 aliphatic rings. The highest BCUT2D eigenvalue weighted by Gasteiger charge is 2.56. The van der Waals surface area contributed by atoms with E-state index in [-0.39, 0.29) is 18.1 Å². The summed E-state index contributed by atoms with van der Waals surface area (Å²) in [6.45, 7) is 9.09. The number of benzene rings is 2. The van der Waals surface area contributed by atoms with Gasteiger partial charge in [0.2, 0.25) is 12.7 Å². The van der Waals surface area contributed by atoms with Crippen LogP contribution in [0.5, 0.6) is 11.5 Å². The molecular formula is C30H40N3O3+. The number of nitrogens with two attached hydrogens (primary N) is 1. The Morgan fingerprint density at radius 1 is 1.17 bits per heavy atom. The lowest BCUT2D eigenvalue weighted by molar-refractivity contribution is -0.640. The molecule has 4 aliphatic heterocycles. The van der Waals surface area contributed by atoms with E-state index in [4.69, 9.17) is 9.47 Å². The van der Waals surface area contributed by atoms with Gasteiger partial charge < -0.3 is 25.0 Å². The van der Waals surface area contributed by atoms with Gasteiger partial charge in [0.1, 0.15) is 5.92 Å². The van der Waals surface area contributed by atoms with Crippen molar-refractivity contribution in [1.29, 1.82) is 0 Å². The van der Waals surface area contributed by atoms with Gasteiger partial charge in [-0.05, 0) is 41.9 Å². The molecule has 0 aliphatic carbocycles. The summed E-state index contributed by atoms with van der Waals surface area (Å²) >= 11 is 0. The summed E-state index contributed by atoms with van der Waals surface area (Å²) < 4.78 is 11.5. The zero-order valence-corrected chi connectivity index (χ0v) is 21.7. The average Bonchev–Trinajstić information content (AvgIpc) is 3.58. The zero-order valence-electron chi connectivity index (χ0n) is 21.7. The second-order valence-corrected chi connectivity index (χ2v) is 11.2. The topological polar surface area (TPSA) is 67.4 Å². The quantitative estimate of drug-likeness (QED) is 0.676. The maximum atomic E-state index is 14.5. The molecule has 0 saturated carbocycles. The zero-order chi connectivity index (χ0) is 24.7. The minimum Gasteiger partial charge on any atom is -0.454 e. The third kappa shape index (κ3) is 3.81. The van der Waals surface area contributed by atoms with E-state index in [0.29, 0.717) is 23.8 Å². The predicted molar refractivity (Wildman–Crippen MR) is 139 cm³/mol. The molecule has 2 aromatic rings. The Labute approximate surface area is 214 Å². The van der Waals surface area contributed by atoms with E-state index in [2.05, 4.69) is 65.8 Å². The van der Waals surface area contributed by atoms with E-state index in [1.165, 1.54) is 16.7 Å². The number of hydrogen-bond acceptors (Lipinski definition) is 4. The van der Waals surface area contributed by atoms with Crippen LogP contribution in [0.25, 0.3) is 0 Å². The first-order valence-electron chi connectivity index (χ1n) is 14.0. The number of nitrogens with zero attached hydrogens (tertiary/aromatic N) is 1. The molecule has 36 heavy (non-hydrogen) atoms. The van der Waals surface area contributed by atoms with E-state index >= 15 is 0 Å². The molecule has 6 heteroatoms. The molecular weight excluding hydrogens is 450 g/mol. The monoisotopic (exact) mass is 490 g/mol. The predicted octanol–water partition coefficient (Wildman–Crippen LogP) is 3.16. The van der Waals surface area contributed by atoms with Crippen LogP contribution in [0.1, 0.15) is 62.1 Å². The first-order valence-corrected chi connectivity index (χ1v) is 14.0. The molecule has 0 bridgehead atoms. The van der Waals surface area contributed by atoms with Gasteiger partial charge in [-0.2, -0.15) is 0 Å². The maximum Gasteiger partial charge on any atom is 0.232 e. The molecule has 2 aromatic carbocycles. The molecule has 2 fully saturated rings. The van der Waals surface area contributed by atoms with E-state index < -0.39 is 0 Å². The number of nitrogens with one attached hydrogen (secondary N) is 1. The number of fused-ring (bicyclic) bond motifs is 4. The molecule has 0 radical (unpaired) electrons.